The van der Waals surface area contributed by atoms with Crippen LogP contribution in [0, 0.1) is 0 Å². The van der Waals surface area contributed by atoms with E-state index in [2.05, 4.69) is 24.3 Å². The lowest BCUT2D eigenvalue weighted by Crippen LogP contribution is -2.43. The number of hydrogen-bond acceptors (Lipinski definition) is 3. The number of hydrogen-bond donors (Lipinski definition) is 2. The molecule has 1 aliphatic rings. The number of aromatic carboxylic acids is 1. The largest absolute Gasteiger partial charge is 0.478 e. The number of aromatic nitrogens is 2. The van der Waals surface area contributed by atoms with Crippen molar-refractivity contribution in [1.29, 1.82) is 0 Å². The van der Waals surface area contributed by atoms with Gasteiger partial charge in [0.1, 0.15) is 5.65 Å². The number of aryl methyl sites for hydroxylation is 1. The van der Waals surface area contributed by atoms with Crippen molar-refractivity contribution in [3.05, 3.63) is 83.6 Å². The predicted molar refractivity (Wildman–Crippen MR) is 122 cm³/mol. The molecule has 0 spiro atoms. The van der Waals surface area contributed by atoms with Crippen LogP contribution < -0.4 is 5.73 Å². The van der Waals surface area contributed by atoms with Crippen LogP contribution in [0.1, 0.15) is 47.8 Å². The standard InChI is InChI=1S/C26H25N3O2/c1-2-21-20(25(30)31)13-14-22-28-23(24(29(21)22)18-7-4-3-5-8-18)17-9-11-19(12-10-17)26(27)15-6-16-26/h3-5,7-14H,2,6,15-16,27H2,1H3,(H,30,31). The molecule has 0 bridgehead atoms. The first-order valence-corrected chi connectivity index (χ1v) is 10.7. The molecule has 0 amide bonds. The van der Waals surface area contributed by atoms with E-state index in [1.165, 1.54) is 6.42 Å². The maximum Gasteiger partial charge on any atom is 0.337 e. The van der Waals surface area contributed by atoms with E-state index in [0.29, 0.717) is 12.0 Å². The third-order valence-corrected chi connectivity index (χ3v) is 6.47. The van der Waals surface area contributed by atoms with E-state index in [0.717, 1.165) is 52.3 Å². The molecular weight excluding hydrogens is 386 g/mol. The summed E-state index contributed by atoms with van der Waals surface area (Å²) < 4.78 is 2.00. The van der Waals surface area contributed by atoms with Gasteiger partial charge in [-0.25, -0.2) is 9.78 Å². The minimum atomic E-state index is -0.925. The Bertz CT molecular complexity index is 1270. The molecule has 0 aliphatic heterocycles. The van der Waals surface area contributed by atoms with Crippen LogP contribution in [0.25, 0.3) is 28.2 Å². The molecule has 1 saturated carbocycles. The molecule has 2 heterocycles. The predicted octanol–water partition coefficient (Wildman–Crippen LogP) is 5.27. The number of carboxylic acids is 1. The van der Waals surface area contributed by atoms with Crippen molar-refractivity contribution in [1.82, 2.24) is 9.38 Å². The number of carbonyl (C=O) groups is 1. The summed E-state index contributed by atoms with van der Waals surface area (Å²) in [5.41, 5.74) is 13.0. The minimum Gasteiger partial charge on any atom is -0.478 e. The number of carboxylic acid groups (broad SMARTS) is 1. The lowest BCUT2D eigenvalue weighted by Gasteiger charge is -2.38. The molecule has 1 fully saturated rings. The molecule has 0 unspecified atom stereocenters. The fourth-order valence-corrected chi connectivity index (χ4v) is 4.61. The van der Waals surface area contributed by atoms with Crippen LogP contribution in [0.4, 0.5) is 0 Å². The SMILES string of the molecule is CCc1c(C(=O)O)ccc2nc(-c3ccc(C4(N)CCC4)cc3)c(-c3ccccc3)n12. The molecule has 156 valence electrons. The second kappa shape index (κ2) is 7.36. The number of nitrogens with zero attached hydrogens (tertiary/aromatic N) is 2. The van der Waals surface area contributed by atoms with E-state index in [1.54, 1.807) is 12.1 Å². The van der Waals surface area contributed by atoms with E-state index < -0.39 is 5.97 Å². The zero-order valence-corrected chi connectivity index (χ0v) is 17.5. The first-order valence-electron chi connectivity index (χ1n) is 10.7. The highest BCUT2D eigenvalue weighted by Gasteiger charge is 2.34. The number of pyridine rings is 1. The average molecular weight is 412 g/mol. The number of imidazole rings is 1. The van der Waals surface area contributed by atoms with Gasteiger partial charge in [0, 0.05) is 22.4 Å². The van der Waals surface area contributed by atoms with Crippen molar-refractivity contribution in [2.75, 3.05) is 0 Å². The fraction of sp³-hybridized carbons (Fsp3) is 0.231. The van der Waals surface area contributed by atoms with Gasteiger partial charge in [0.05, 0.1) is 17.0 Å². The van der Waals surface area contributed by atoms with Crippen LogP contribution in [0.3, 0.4) is 0 Å². The Morgan fingerprint density at radius 2 is 1.74 bits per heavy atom. The Balaban J connectivity index is 1.76. The molecule has 0 atom stereocenters. The van der Waals surface area contributed by atoms with Crippen molar-refractivity contribution in [2.24, 2.45) is 5.73 Å². The molecule has 3 N–H and O–H groups in total. The molecule has 0 saturated heterocycles. The molecular formula is C26H25N3O2. The van der Waals surface area contributed by atoms with Crippen molar-refractivity contribution in [3.8, 4) is 22.5 Å². The highest BCUT2D eigenvalue weighted by molar-refractivity contribution is 5.91. The van der Waals surface area contributed by atoms with Gasteiger partial charge in [-0.05, 0) is 43.4 Å². The van der Waals surface area contributed by atoms with Gasteiger partial charge < -0.3 is 10.8 Å². The lowest BCUT2D eigenvalue weighted by molar-refractivity contribution is 0.0695. The van der Waals surface area contributed by atoms with E-state index in [9.17, 15) is 9.90 Å². The molecule has 4 aromatic rings. The maximum absolute atomic E-state index is 11.9. The lowest BCUT2D eigenvalue weighted by atomic mass is 9.72. The van der Waals surface area contributed by atoms with E-state index >= 15 is 0 Å². The van der Waals surface area contributed by atoms with Gasteiger partial charge in [-0.1, -0.05) is 61.5 Å². The summed E-state index contributed by atoms with van der Waals surface area (Å²) in [6, 6.07) is 21.9. The Hall–Kier alpha value is -3.44. The highest BCUT2D eigenvalue weighted by atomic mass is 16.4. The average Bonchev–Trinajstić information content (AvgIpc) is 3.17. The van der Waals surface area contributed by atoms with E-state index in [1.807, 2.05) is 41.7 Å². The van der Waals surface area contributed by atoms with Gasteiger partial charge in [-0.2, -0.15) is 0 Å². The summed E-state index contributed by atoms with van der Waals surface area (Å²) >= 11 is 0. The van der Waals surface area contributed by atoms with Crippen LogP contribution in [0.2, 0.25) is 0 Å². The highest BCUT2D eigenvalue weighted by Crippen LogP contribution is 2.40. The van der Waals surface area contributed by atoms with Crippen molar-refractivity contribution in [2.45, 2.75) is 38.1 Å². The number of nitrogens with two attached hydrogens (primary N) is 1. The Kier molecular flexibility index (Phi) is 4.63. The monoisotopic (exact) mass is 411 g/mol. The Morgan fingerprint density at radius 3 is 2.32 bits per heavy atom. The van der Waals surface area contributed by atoms with Crippen LogP contribution in [0.5, 0.6) is 0 Å². The van der Waals surface area contributed by atoms with Crippen LogP contribution in [-0.2, 0) is 12.0 Å². The number of rotatable bonds is 5. The zero-order valence-electron chi connectivity index (χ0n) is 17.5. The van der Waals surface area contributed by atoms with E-state index in [4.69, 9.17) is 10.7 Å². The molecule has 5 nitrogen and oxygen atoms in total. The molecule has 5 rings (SSSR count). The number of benzene rings is 2. The second-order valence-corrected chi connectivity index (χ2v) is 8.31. The number of fused-ring (bicyclic) bond motifs is 1. The quantitative estimate of drug-likeness (QED) is 0.469. The molecule has 0 radical (unpaired) electrons. The van der Waals surface area contributed by atoms with Crippen LogP contribution in [-0.4, -0.2) is 20.5 Å². The van der Waals surface area contributed by atoms with Crippen molar-refractivity contribution in [3.63, 3.8) is 0 Å². The normalized spacial score (nSPS) is 15.0. The molecule has 2 aromatic carbocycles. The van der Waals surface area contributed by atoms with Crippen LogP contribution >= 0.6 is 0 Å². The van der Waals surface area contributed by atoms with Gasteiger partial charge >= 0.3 is 5.97 Å². The van der Waals surface area contributed by atoms with Crippen LogP contribution in [0.15, 0.2) is 66.7 Å². The van der Waals surface area contributed by atoms with Gasteiger partial charge in [0.15, 0.2) is 0 Å². The molecule has 1 aliphatic carbocycles. The van der Waals surface area contributed by atoms with Gasteiger partial charge in [-0.3, -0.25) is 4.40 Å². The second-order valence-electron chi connectivity index (χ2n) is 8.31. The summed E-state index contributed by atoms with van der Waals surface area (Å²) in [7, 11) is 0. The first-order chi connectivity index (χ1) is 15.0. The Morgan fingerprint density at radius 1 is 1.03 bits per heavy atom. The van der Waals surface area contributed by atoms with Gasteiger partial charge in [0.2, 0.25) is 0 Å². The summed E-state index contributed by atoms with van der Waals surface area (Å²) in [5.74, 6) is -0.925. The summed E-state index contributed by atoms with van der Waals surface area (Å²) in [5, 5.41) is 9.73. The van der Waals surface area contributed by atoms with Gasteiger partial charge in [0.25, 0.3) is 0 Å². The molecule has 2 aromatic heterocycles. The topological polar surface area (TPSA) is 80.6 Å². The summed E-state index contributed by atoms with van der Waals surface area (Å²) in [6.45, 7) is 1.98. The third kappa shape index (κ3) is 3.13. The van der Waals surface area contributed by atoms with Crippen molar-refractivity contribution < 1.29 is 9.90 Å². The molecule has 5 heteroatoms. The maximum atomic E-state index is 11.9. The Labute approximate surface area is 181 Å². The summed E-state index contributed by atoms with van der Waals surface area (Å²) in [4.78, 5) is 16.8. The molecule has 31 heavy (non-hydrogen) atoms. The smallest absolute Gasteiger partial charge is 0.337 e. The third-order valence-electron chi connectivity index (χ3n) is 6.47. The summed E-state index contributed by atoms with van der Waals surface area (Å²) in [6.07, 6.45) is 3.80. The van der Waals surface area contributed by atoms with Gasteiger partial charge in [-0.15, -0.1) is 0 Å². The zero-order chi connectivity index (χ0) is 21.6. The van der Waals surface area contributed by atoms with Crippen molar-refractivity contribution >= 4 is 11.6 Å². The fourth-order valence-electron chi connectivity index (χ4n) is 4.61. The minimum absolute atomic E-state index is 0.203. The first kappa shape index (κ1) is 19.5. The van der Waals surface area contributed by atoms with E-state index in [-0.39, 0.29) is 5.54 Å².